The second-order valence-corrected chi connectivity index (χ2v) is 4.10. The Labute approximate surface area is 102 Å². The molecule has 92 valence electrons. The van der Waals surface area contributed by atoms with E-state index >= 15 is 0 Å². The minimum atomic E-state index is -0.297. The maximum atomic E-state index is 11.2. The van der Waals surface area contributed by atoms with Gasteiger partial charge in [0.05, 0.1) is 12.7 Å². The number of hydrogen-bond donors (Lipinski definition) is 1. The van der Waals surface area contributed by atoms with Crippen molar-refractivity contribution in [2.24, 2.45) is 0 Å². The van der Waals surface area contributed by atoms with E-state index in [1.807, 2.05) is 12.1 Å². The molecule has 0 fully saturated rings. The SMILES string of the molecule is COC(=O)c1ccc(CNCC=C(C)C)cc1. The first-order chi connectivity index (χ1) is 8.13. The number of rotatable bonds is 5. The van der Waals surface area contributed by atoms with E-state index in [1.165, 1.54) is 12.7 Å². The van der Waals surface area contributed by atoms with Gasteiger partial charge in [0, 0.05) is 13.1 Å². The summed E-state index contributed by atoms with van der Waals surface area (Å²) < 4.78 is 4.64. The number of esters is 1. The van der Waals surface area contributed by atoms with Gasteiger partial charge in [-0.15, -0.1) is 0 Å². The molecule has 17 heavy (non-hydrogen) atoms. The van der Waals surface area contributed by atoms with Crippen molar-refractivity contribution in [3.05, 3.63) is 47.0 Å². The summed E-state index contributed by atoms with van der Waals surface area (Å²) in [6, 6.07) is 7.43. The molecule has 0 heterocycles. The highest BCUT2D eigenvalue weighted by atomic mass is 16.5. The van der Waals surface area contributed by atoms with Crippen LogP contribution in [-0.2, 0) is 11.3 Å². The van der Waals surface area contributed by atoms with Crippen LogP contribution in [0.5, 0.6) is 0 Å². The predicted molar refractivity (Wildman–Crippen MR) is 68.9 cm³/mol. The molecule has 0 spiro atoms. The van der Waals surface area contributed by atoms with E-state index in [9.17, 15) is 4.79 Å². The zero-order valence-corrected chi connectivity index (χ0v) is 10.6. The van der Waals surface area contributed by atoms with Crippen LogP contribution < -0.4 is 5.32 Å². The largest absolute Gasteiger partial charge is 0.465 e. The summed E-state index contributed by atoms with van der Waals surface area (Å²) in [6.45, 7) is 5.81. The van der Waals surface area contributed by atoms with Gasteiger partial charge in [-0.1, -0.05) is 23.8 Å². The molecular formula is C14H19NO2. The van der Waals surface area contributed by atoms with Gasteiger partial charge in [0.2, 0.25) is 0 Å². The molecule has 0 aliphatic heterocycles. The van der Waals surface area contributed by atoms with E-state index in [1.54, 1.807) is 12.1 Å². The van der Waals surface area contributed by atoms with E-state index in [-0.39, 0.29) is 5.97 Å². The lowest BCUT2D eigenvalue weighted by atomic mass is 10.1. The lowest BCUT2D eigenvalue weighted by molar-refractivity contribution is 0.0600. The van der Waals surface area contributed by atoms with Gasteiger partial charge in [0.25, 0.3) is 0 Å². The van der Waals surface area contributed by atoms with E-state index < -0.39 is 0 Å². The molecule has 0 aromatic heterocycles. The minimum absolute atomic E-state index is 0.297. The summed E-state index contributed by atoms with van der Waals surface area (Å²) in [5.74, 6) is -0.297. The number of nitrogens with one attached hydrogen (secondary N) is 1. The maximum absolute atomic E-state index is 11.2. The summed E-state index contributed by atoms with van der Waals surface area (Å²) >= 11 is 0. The van der Waals surface area contributed by atoms with Crippen LogP contribution in [0.15, 0.2) is 35.9 Å². The molecule has 0 saturated heterocycles. The average Bonchev–Trinajstić information content (AvgIpc) is 2.34. The molecule has 0 amide bonds. The molecule has 1 N–H and O–H groups in total. The molecular weight excluding hydrogens is 214 g/mol. The molecule has 3 nitrogen and oxygen atoms in total. The highest BCUT2D eigenvalue weighted by molar-refractivity contribution is 5.89. The van der Waals surface area contributed by atoms with Crippen molar-refractivity contribution < 1.29 is 9.53 Å². The Bertz CT molecular complexity index is 389. The Morgan fingerprint density at radius 1 is 1.29 bits per heavy atom. The molecule has 0 aliphatic carbocycles. The number of ether oxygens (including phenoxy) is 1. The van der Waals surface area contributed by atoms with E-state index in [2.05, 4.69) is 30.0 Å². The number of benzene rings is 1. The Morgan fingerprint density at radius 3 is 2.47 bits per heavy atom. The lowest BCUT2D eigenvalue weighted by Crippen LogP contribution is -2.13. The normalized spacial score (nSPS) is 9.82. The monoisotopic (exact) mass is 233 g/mol. The van der Waals surface area contributed by atoms with Crippen molar-refractivity contribution in [1.82, 2.24) is 5.32 Å². The second kappa shape index (κ2) is 6.86. The molecule has 1 aromatic carbocycles. The maximum Gasteiger partial charge on any atom is 0.337 e. The summed E-state index contributed by atoms with van der Waals surface area (Å²) in [4.78, 5) is 11.2. The van der Waals surface area contributed by atoms with Crippen molar-refractivity contribution in [3.8, 4) is 0 Å². The summed E-state index contributed by atoms with van der Waals surface area (Å²) in [6.07, 6.45) is 2.14. The molecule has 1 aromatic rings. The molecule has 3 heteroatoms. The summed E-state index contributed by atoms with van der Waals surface area (Å²) in [7, 11) is 1.39. The van der Waals surface area contributed by atoms with E-state index in [0.717, 1.165) is 18.7 Å². The van der Waals surface area contributed by atoms with Crippen LogP contribution >= 0.6 is 0 Å². The van der Waals surface area contributed by atoms with Crippen molar-refractivity contribution in [1.29, 1.82) is 0 Å². The summed E-state index contributed by atoms with van der Waals surface area (Å²) in [5.41, 5.74) is 3.04. The molecule has 0 unspecified atom stereocenters. The molecule has 0 radical (unpaired) electrons. The fourth-order valence-corrected chi connectivity index (χ4v) is 1.37. The fraction of sp³-hybridized carbons (Fsp3) is 0.357. The van der Waals surface area contributed by atoms with Gasteiger partial charge in [0.15, 0.2) is 0 Å². The van der Waals surface area contributed by atoms with Crippen LogP contribution in [-0.4, -0.2) is 19.6 Å². The molecule has 0 aliphatic rings. The molecule has 0 atom stereocenters. The number of carbonyl (C=O) groups excluding carboxylic acids is 1. The van der Waals surface area contributed by atoms with Gasteiger partial charge >= 0.3 is 5.97 Å². The van der Waals surface area contributed by atoms with Gasteiger partial charge in [0.1, 0.15) is 0 Å². The Morgan fingerprint density at radius 2 is 1.94 bits per heavy atom. The first kappa shape index (κ1) is 13.5. The third kappa shape index (κ3) is 4.83. The zero-order chi connectivity index (χ0) is 12.7. The zero-order valence-electron chi connectivity index (χ0n) is 10.6. The molecule has 0 saturated carbocycles. The predicted octanol–water partition coefficient (Wildman–Crippen LogP) is 2.53. The first-order valence-corrected chi connectivity index (χ1v) is 5.65. The van der Waals surface area contributed by atoms with Crippen LogP contribution in [0.1, 0.15) is 29.8 Å². The molecule has 0 bridgehead atoms. The number of allylic oxidation sites excluding steroid dienone is 1. The fourth-order valence-electron chi connectivity index (χ4n) is 1.37. The van der Waals surface area contributed by atoms with Crippen LogP contribution in [0.25, 0.3) is 0 Å². The third-order valence-electron chi connectivity index (χ3n) is 2.36. The number of hydrogen-bond acceptors (Lipinski definition) is 3. The van der Waals surface area contributed by atoms with Gasteiger partial charge in [-0.05, 0) is 31.5 Å². The Hall–Kier alpha value is -1.61. The van der Waals surface area contributed by atoms with Crippen LogP contribution in [0.2, 0.25) is 0 Å². The minimum Gasteiger partial charge on any atom is -0.465 e. The van der Waals surface area contributed by atoms with Crippen molar-refractivity contribution in [2.75, 3.05) is 13.7 Å². The highest BCUT2D eigenvalue weighted by Gasteiger charge is 2.03. The van der Waals surface area contributed by atoms with Crippen molar-refractivity contribution >= 4 is 5.97 Å². The Kier molecular flexibility index (Phi) is 5.43. The van der Waals surface area contributed by atoms with Gasteiger partial charge < -0.3 is 10.1 Å². The van der Waals surface area contributed by atoms with Gasteiger partial charge in [-0.25, -0.2) is 4.79 Å². The number of carbonyl (C=O) groups is 1. The Balaban J connectivity index is 2.46. The third-order valence-corrected chi connectivity index (χ3v) is 2.36. The van der Waals surface area contributed by atoms with Gasteiger partial charge in [-0.2, -0.15) is 0 Å². The lowest BCUT2D eigenvalue weighted by Gasteiger charge is -2.04. The quantitative estimate of drug-likeness (QED) is 0.482. The first-order valence-electron chi connectivity index (χ1n) is 5.65. The van der Waals surface area contributed by atoms with Crippen LogP contribution in [0, 0.1) is 0 Å². The smallest absolute Gasteiger partial charge is 0.337 e. The van der Waals surface area contributed by atoms with Crippen molar-refractivity contribution in [3.63, 3.8) is 0 Å². The highest BCUT2D eigenvalue weighted by Crippen LogP contribution is 2.05. The van der Waals surface area contributed by atoms with Crippen LogP contribution in [0.3, 0.4) is 0 Å². The van der Waals surface area contributed by atoms with Crippen molar-refractivity contribution in [2.45, 2.75) is 20.4 Å². The molecule has 1 rings (SSSR count). The summed E-state index contributed by atoms with van der Waals surface area (Å²) in [5, 5.41) is 3.30. The van der Waals surface area contributed by atoms with E-state index in [0.29, 0.717) is 5.56 Å². The average molecular weight is 233 g/mol. The van der Waals surface area contributed by atoms with Crippen LogP contribution in [0.4, 0.5) is 0 Å². The topological polar surface area (TPSA) is 38.3 Å². The number of methoxy groups -OCH3 is 1. The standard InChI is InChI=1S/C14H19NO2/c1-11(2)8-9-15-10-12-4-6-13(7-5-12)14(16)17-3/h4-8,15H,9-10H2,1-3H3. The second-order valence-electron chi connectivity index (χ2n) is 4.10. The van der Waals surface area contributed by atoms with E-state index in [4.69, 9.17) is 0 Å². The van der Waals surface area contributed by atoms with Gasteiger partial charge in [-0.3, -0.25) is 0 Å².